The standard InChI is InChI=1S/C18H18ClF2N3OS/c19-13-3-1-5-15(11-13)23-7-9-24(10-8-23)18(25)22-14-4-2-6-16(12-14)26-17(20)21/h1-6,11-12,17H,7-10H2,(H,22,25). The molecule has 1 saturated heterocycles. The summed E-state index contributed by atoms with van der Waals surface area (Å²) in [6, 6.07) is 13.9. The molecule has 0 aromatic heterocycles. The van der Waals surface area contributed by atoms with Gasteiger partial charge in [0.1, 0.15) is 0 Å². The summed E-state index contributed by atoms with van der Waals surface area (Å²) in [5, 5.41) is 3.46. The van der Waals surface area contributed by atoms with E-state index in [2.05, 4.69) is 10.2 Å². The molecule has 0 aliphatic carbocycles. The minimum Gasteiger partial charge on any atom is -0.368 e. The molecule has 0 saturated carbocycles. The summed E-state index contributed by atoms with van der Waals surface area (Å²) in [5.41, 5.74) is 1.55. The molecule has 3 rings (SSSR count). The van der Waals surface area contributed by atoms with Crippen molar-refractivity contribution < 1.29 is 13.6 Å². The lowest BCUT2D eigenvalue weighted by Crippen LogP contribution is -2.50. The number of alkyl halides is 2. The third-order valence-electron chi connectivity index (χ3n) is 4.05. The summed E-state index contributed by atoms with van der Waals surface area (Å²) in [6.07, 6.45) is 0. The van der Waals surface area contributed by atoms with E-state index in [1.807, 2.05) is 24.3 Å². The van der Waals surface area contributed by atoms with Crippen LogP contribution < -0.4 is 10.2 Å². The average molecular weight is 398 g/mol. The minimum absolute atomic E-state index is 0.227. The second kappa shape index (κ2) is 8.60. The molecule has 0 radical (unpaired) electrons. The predicted molar refractivity (Wildman–Crippen MR) is 103 cm³/mol. The van der Waals surface area contributed by atoms with Crippen molar-refractivity contribution in [3.8, 4) is 0 Å². The topological polar surface area (TPSA) is 35.6 Å². The van der Waals surface area contributed by atoms with Crippen LogP contribution in [-0.4, -0.2) is 42.9 Å². The number of amides is 2. The van der Waals surface area contributed by atoms with Gasteiger partial charge in [-0.05, 0) is 36.4 Å². The molecule has 4 nitrogen and oxygen atoms in total. The molecule has 2 amide bonds. The molecule has 138 valence electrons. The lowest BCUT2D eigenvalue weighted by atomic mass is 10.2. The zero-order chi connectivity index (χ0) is 18.5. The van der Waals surface area contributed by atoms with E-state index < -0.39 is 5.76 Å². The van der Waals surface area contributed by atoms with E-state index in [4.69, 9.17) is 11.6 Å². The van der Waals surface area contributed by atoms with Gasteiger partial charge in [-0.2, -0.15) is 8.78 Å². The molecule has 8 heteroatoms. The molecule has 1 heterocycles. The number of piperazine rings is 1. The molecule has 2 aromatic rings. The van der Waals surface area contributed by atoms with Crippen LogP contribution in [0.4, 0.5) is 25.0 Å². The van der Waals surface area contributed by atoms with Crippen LogP contribution in [0.2, 0.25) is 5.02 Å². The van der Waals surface area contributed by atoms with Crippen LogP contribution in [0.15, 0.2) is 53.4 Å². The van der Waals surface area contributed by atoms with Crippen LogP contribution in [-0.2, 0) is 0 Å². The monoisotopic (exact) mass is 397 g/mol. The number of halogens is 3. The van der Waals surface area contributed by atoms with Crippen LogP contribution in [0.3, 0.4) is 0 Å². The number of hydrogen-bond donors (Lipinski definition) is 1. The minimum atomic E-state index is -2.49. The zero-order valence-electron chi connectivity index (χ0n) is 13.9. The summed E-state index contributed by atoms with van der Waals surface area (Å²) < 4.78 is 24.9. The number of urea groups is 1. The number of thioether (sulfide) groups is 1. The van der Waals surface area contributed by atoms with E-state index >= 15 is 0 Å². The molecule has 1 fully saturated rings. The van der Waals surface area contributed by atoms with E-state index in [0.717, 1.165) is 5.69 Å². The van der Waals surface area contributed by atoms with Gasteiger partial charge < -0.3 is 15.1 Å². The normalized spacial score (nSPS) is 14.6. The van der Waals surface area contributed by atoms with E-state index in [0.29, 0.717) is 53.5 Å². The van der Waals surface area contributed by atoms with Gasteiger partial charge >= 0.3 is 6.03 Å². The summed E-state index contributed by atoms with van der Waals surface area (Å²) in [5.74, 6) is -2.49. The highest BCUT2D eigenvalue weighted by atomic mass is 35.5. The van der Waals surface area contributed by atoms with Crippen LogP contribution in [0, 0.1) is 0 Å². The van der Waals surface area contributed by atoms with Gasteiger partial charge in [-0.1, -0.05) is 35.5 Å². The van der Waals surface area contributed by atoms with Crippen LogP contribution in [0.5, 0.6) is 0 Å². The van der Waals surface area contributed by atoms with Crippen molar-refractivity contribution in [1.82, 2.24) is 4.90 Å². The van der Waals surface area contributed by atoms with Gasteiger partial charge in [0.15, 0.2) is 0 Å². The summed E-state index contributed by atoms with van der Waals surface area (Å²) in [7, 11) is 0. The van der Waals surface area contributed by atoms with Crippen molar-refractivity contribution in [3.63, 3.8) is 0 Å². The fraction of sp³-hybridized carbons (Fsp3) is 0.278. The van der Waals surface area contributed by atoms with Gasteiger partial charge in [0.2, 0.25) is 0 Å². The Hall–Kier alpha value is -1.99. The Kier molecular flexibility index (Phi) is 6.21. The highest BCUT2D eigenvalue weighted by Gasteiger charge is 2.21. The van der Waals surface area contributed by atoms with Crippen molar-refractivity contribution in [2.75, 3.05) is 36.4 Å². The zero-order valence-corrected chi connectivity index (χ0v) is 15.4. The Labute approximate surface area is 160 Å². The molecular formula is C18H18ClF2N3OS. The maximum Gasteiger partial charge on any atom is 0.321 e. The van der Waals surface area contributed by atoms with Gasteiger partial charge in [0.25, 0.3) is 5.76 Å². The van der Waals surface area contributed by atoms with Gasteiger partial charge in [0.05, 0.1) is 0 Å². The van der Waals surface area contributed by atoms with E-state index in [9.17, 15) is 13.6 Å². The quantitative estimate of drug-likeness (QED) is 0.737. The van der Waals surface area contributed by atoms with E-state index in [1.54, 1.807) is 29.2 Å². The Morgan fingerprint density at radius 2 is 1.81 bits per heavy atom. The van der Waals surface area contributed by atoms with Crippen molar-refractivity contribution >= 4 is 40.8 Å². The number of rotatable bonds is 4. The second-order valence-electron chi connectivity index (χ2n) is 5.79. The van der Waals surface area contributed by atoms with E-state index in [-0.39, 0.29) is 6.03 Å². The fourth-order valence-corrected chi connectivity index (χ4v) is 3.54. The first-order valence-electron chi connectivity index (χ1n) is 8.12. The van der Waals surface area contributed by atoms with Crippen LogP contribution >= 0.6 is 23.4 Å². The van der Waals surface area contributed by atoms with E-state index in [1.165, 1.54) is 0 Å². The number of nitrogens with one attached hydrogen (secondary N) is 1. The van der Waals surface area contributed by atoms with Gasteiger partial charge in [0, 0.05) is 47.5 Å². The number of carbonyl (C=O) groups excluding carboxylic acids is 1. The van der Waals surface area contributed by atoms with Crippen LogP contribution in [0.1, 0.15) is 0 Å². The molecule has 1 aliphatic heterocycles. The molecular weight excluding hydrogens is 380 g/mol. The molecule has 0 unspecified atom stereocenters. The maximum atomic E-state index is 12.5. The maximum absolute atomic E-state index is 12.5. The number of benzene rings is 2. The second-order valence-corrected chi connectivity index (χ2v) is 7.29. The predicted octanol–water partition coefficient (Wildman–Crippen LogP) is 5.01. The fourth-order valence-electron chi connectivity index (χ4n) is 2.79. The first kappa shape index (κ1) is 18.8. The number of nitrogens with zero attached hydrogens (tertiary/aromatic N) is 2. The Balaban J connectivity index is 1.55. The van der Waals surface area contributed by atoms with Gasteiger partial charge in [-0.15, -0.1) is 0 Å². The lowest BCUT2D eigenvalue weighted by Gasteiger charge is -2.36. The highest BCUT2D eigenvalue weighted by Crippen LogP contribution is 2.27. The van der Waals surface area contributed by atoms with Crippen molar-refractivity contribution in [2.24, 2.45) is 0 Å². The molecule has 0 atom stereocenters. The van der Waals surface area contributed by atoms with Crippen LogP contribution in [0.25, 0.3) is 0 Å². The Morgan fingerprint density at radius 3 is 2.50 bits per heavy atom. The van der Waals surface area contributed by atoms with Crippen molar-refractivity contribution in [2.45, 2.75) is 10.7 Å². The molecule has 26 heavy (non-hydrogen) atoms. The first-order valence-corrected chi connectivity index (χ1v) is 9.38. The summed E-state index contributed by atoms with van der Waals surface area (Å²) in [4.78, 5) is 16.7. The molecule has 1 N–H and O–H groups in total. The third kappa shape index (κ3) is 5.02. The summed E-state index contributed by atoms with van der Waals surface area (Å²) in [6.45, 7) is 2.55. The SMILES string of the molecule is O=C(Nc1cccc(SC(F)F)c1)N1CCN(c2cccc(Cl)c2)CC1. The smallest absolute Gasteiger partial charge is 0.321 e. The van der Waals surface area contributed by atoms with Crippen molar-refractivity contribution in [3.05, 3.63) is 53.6 Å². The lowest BCUT2D eigenvalue weighted by molar-refractivity contribution is 0.208. The average Bonchev–Trinajstić information content (AvgIpc) is 2.61. The molecule has 2 aromatic carbocycles. The molecule has 0 spiro atoms. The largest absolute Gasteiger partial charge is 0.368 e. The molecule has 1 aliphatic rings. The van der Waals surface area contributed by atoms with Crippen molar-refractivity contribution in [1.29, 1.82) is 0 Å². The first-order chi connectivity index (χ1) is 12.5. The number of anilines is 2. The van der Waals surface area contributed by atoms with Gasteiger partial charge in [-0.25, -0.2) is 4.79 Å². The summed E-state index contributed by atoms with van der Waals surface area (Å²) >= 11 is 6.49. The Morgan fingerprint density at radius 1 is 1.08 bits per heavy atom. The highest BCUT2D eigenvalue weighted by molar-refractivity contribution is 7.99. The van der Waals surface area contributed by atoms with Gasteiger partial charge in [-0.3, -0.25) is 0 Å². The Bertz CT molecular complexity index is 770. The molecule has 0 bridgehead atoms. The number of hydrogen-bond acceptors (Lipinski definition) is 3. The third-order valence-corrected chi connectivity index (χ3v) is 4.99. The number of carbonyl (C=O) groups is 1.